The molecule has 0 aliphatic carbocycles. The van der Waals surface area contributed by atoms with Gasteiger partial charge in [-0.05, 0) is 36.4 Å². The second kappa shape index (κ2) is 8.44. The van der Waals surface area contributed by atoms with Gasteiger partial charge in [0.15, 0.2) is 0 Å². The van der Waals surface area contributed by atoms with Crippen LogP contribution in [0.4, 0.5) is 15.8 Å². The molecule has 0 radical (unpaired) electrons. The number of ether oxygens (including phenoxy) is 1. The number of benzene rings is 2. The largest absolute Gasteiger partial charge is 0.378 e. The number of carbonyl (C=O) groups is 2. The molecule has 1 heterocycles. The SMILES string of the molecule is O=C(CNc1ccccc1C(=O)N1CCOCC1)Nc1ccc(F)cc1. The molecule has 2 aromatic carbocycles. The molecule has 136 valence electrons. The van der Waals surface area contributed by atoms with E-state index in [4.69, 9.17) is 4.74 Å². The van der Waals surface area contributed by atoms with Gasteiger partial charge >= 0.3 is 0 Å². The zero-order valence-electron chi connectivity index (χ0n) is 14.2. The molecule has 2 aromatic rings. The van der Waals surface area contributed by atoms with Gasteiger partial charge in [0.25, 0.3) is 5.91 Å². The molecule has 0 saturated carbocycles. The lowest BCUT2D eigenvalue weighted by atomic mass is 10.1. The van der Waals surface area contributed by atoms with Crippen LogP contribution in [-0.4, -0.2) is 49.6 Å². The van der Waals surface area contributed by atoms with Crippen LogP contribution in [0.3, 0.4) is 0 Å². The summed E-state index contributed by atoms with van der Waals surface area (Å²) in [5, 5.41) is 5.67. The molecule has 7 heteroatoms. The van der Waals surface area contributed by atoms with E-state index in [1.54, 1.807) is 29.2 Å². The van der Waals surface area contributed by atoms with E-state index in [-0.39, 0.29) is 24.2 Å². The minimum absolute atomic E-state index is 0.00915. The maximum atomic E-state index is 12.9. The third-order valence-corrected chi connectivity index (χ3v) is 4.02. The highest BCUT2D eigenvalue weighted by Gasteiger charge is 2.20. The Labute approximate surface area is 150 Å². The molecule has 2 amide bonds. The van der Waals surface area contributed by atoms with E-state index < -0.39 is 0 Å². The molecule has 0 aromatic heterocycles. The summed E-state index contributed by atoms with van der Waals surface area (Å²) in [6, 6.07) is 12.6. The predicted molar refractivity (Wildman–Crippen MR) is 96.7 cm³/mol. The Morgan fingerprint density at radius 2 is 1.73 bits per heavy atom. The summed E-state index contributed by atoms with van der Waals surface area (Å²) in [4.78, 5) is 26.5. The average molecular weight is 357 g/mol. The monoisotopic (exact) mass is 357 g/mol. The van der Waals surface area contributed by atoms with Gasteiger partial charge in [-0.25, -0.2) is 4.39 Å². The van der Waals surface area contributed by atoms with Gasteiger partial charge in [-0.2, -0.15) is 0 Å². The first-order chi connectivity index (χ1) is 12.6. The second-order valence-corrected chi connectivity index (χ2v) is 5.86. The first-order valence-electron chi connectivity index (χ1n) is 8.39. The highest BCUT2D eigenvalue weighted by Crippen LogP contribution is 2.18. The van der Waals surface area contributed by atoms with E-state index in [9.17, 15) is 14.0 Å². The van der Waals surface area contributed by atoms with Crippen LogP contribution in [0, 0.1) is 5.82 Å². The maximum Gasteiger partial charge on any atom is 0.256 e. The lowest BCUT2D eigenvalue weighted by Gasteiger charge is -2.27. The van der Waals surface area contributed by atoms with Crippen molar-refractivity contribution in [1.29, 1.82) is 0 Å². The Hall–Kier alpha value is -2.93. The molecule has 0 atom stereocenters. The van der Waals surface area contributed by atoms with Gasteiger partial charge in [0, 0.05) is 24.5 Å². The molecule has 1 fully saturated rings. The van der Waals surface area contributed by atoms with Crippen molar-refractivity contribution in [3.05, 3.63) is 59.9 Å². The number of morpholine rings is 1. The number of anilines is 2. The van der Waals surface area contributed by atoms with E-state index in [1.165, 1.54) is 24.3 Å². The maximum absolute atomic E-state index is 12.9. The Balaban J connectivity index is 1.61. The van der Waals surface area contributed by atoms with Gasteiger partial charge in [-0.15, -0.1) is 0 Å². The van der Waals surface area contributed by atoms with Crippen LogP contribution < -0.4 is 10.6 Å². The summed E-state index contributed by atoms with van der Waals surface area (Å²) in [7, 11) is 0. The van der Waals surface area contributed by atoms with E-state index >= 15 is 0 Å². The number of rotatable bonds is 5. The number of hydrogen-bond donors (Lipinski definition) is 2. The lowest BCUT2D eigenvalue weighted by Crippen LogP contribution is -2.41. The van der Waals surface area contributed by atoms with Crippen molar-refractivity contribution in [3.63, 3.8) is 0 Å². The fourth-order valence-electron chi connectivity index (χ4n) is 2.67. The Kier molecular flexibility index (Phi) is 5.80. The second-order valence-electron chi connectivity index (χ2n) is 5.86. The molecule has 0 bridgehead atoms. The van der Waals surface area contributed by atoms with Crippen molar-refractivity contribution in [1.82, 2.24) is 4.90 Å². The van der Waals surface area contributed by atoms with Crippen LogP contribution in [-0.2, 0) is 9.53 Å². The molecule has 0 spiro atoms. The lowest BCUT2D eigenvalue weighted by molar-refractivity contribution is -0.114. The summed E-state index contributed by atoms with van der Waals surface area (Å²) >= 11 is 0. The number of nitrogens with zero attached hydrogens (tertiary/aromatic N) is 1. The van der Waals surface area contributed by atoms with E-state index in [0.29, 0.717) is 43.2 Å². The number of nitrogens with one attached hydrogen (secondary N) is 2. The van der Waals surface area contributed by atoms with Crippen molar-refractivity contribution < 1.29 is 18.7 Å². The third kappa shape index (κ3) is 4.58. The minimum Gasteiger partial charge on any atom is -0.378 e. The fraction of sp³-hybridized carbons (Fsp3) is 0.263. The van der Waals surface area contributed by atoms with Crippen molar-refractivity contribution in [2.24, 2.45) is 0 Å². The summed E-state index contributed by atoms with van der Waals surface area (Å²) < 4.78 is 18.2. The van der Waals surface area contributed by atoms with Gasteiger partial charge < -0.3 is 20.3 Å². The zero-order chi connectivity index (χ0) is 18.4. The third-order valence-electron chi connectivity index (χ3n) is 4.02. The number of carbonyl (C=O) groups excluding carboxylic acids is 2. The topological polar surface area (TPSA) is 70.7 Å². The Morgan fingerprint density at radius 3 is 2.46 bits per heavy atom. The molecule has 1 aliphatic heterocycles. The molecule has 26 heavy (non-hydrogen) atoms. The minimum atomic E-state index is -0.364. The zero-order valence-corrected chi connectivity index (χ0v) is 14.2. The van der Waals surface area contributed by atoms with Gasteiger partial charge in [0.1, 0.15) is 5.82 Å². The summed E-state index contributed by atoms with van der Waals surface area (Å²) in [5.74, 6) is -0.739. The molecule has 0 unspecified atom stereocenters. The number of para-hydroxylation sites is 1. The number of halogens is 1. The summed E-state index contributed by atoms with van der Waals surface area (Å²) in [6.07, 6.45) is 0. The standard InChI is InChI=1S/C19H20FN3O3/c20-14-5-7-15(8-6-14)22-18(24)13-21-17-4-2-1-3-16(17)19(25)23-9-11-26-12-10-23/h1-8,21H,9-13H2,(H,22,24). The molecular weight excluding hydrogens is 337 g/mol. The van der Waals surface area contributed by atoms with Crippen LogP contribution in [0.5, 0.6) is 0 Å². The van der Waals surface area contributed by atoms with Crippen molar-refractivity contribution in [3.8, 4) is 0 Å². The van der Waals surface area contributed by atoms with Crippen LogP contribution in [0.15, 0.2) is 48.5 Å². The predicted octanol–water partition coefficient (Wildman–Crippen LogP) is 2.35. The summed E-state index contributed by atoms with van der Waals surface area (Å²) in [5.41, 5.74) is 1.62. The molecular formula is C19H20FN3O3. The first kappa shape index (κ1) is 17.9. The quantitative estimate of drug-likeness (QED) is 0.862. The Bertz CT molecular complexity index is 774. The Morgan fingerprint density at radius 1 is 1.04 bits per heavy atom. The van der Waals surface area contributed by atoms with Crippen LogP contribution in [0.2, 0.25) is 0 Å². The van der Waals surface area contributed by atoms with Crippen molar-refractivity contribution in [2.75, 3.05) is 43.5 Å². The van der Waals surface area contributed by atoms with Crippen LogP contribution in [0.1, 0.15) is 10.4 Å². The number of hydrogen-bond acceptors (Lipinski definition) is 4. The molecule has 6 nitrogen and oxygen atoms in total. The summed E-state index contributed by atoms with van der Waals surface area (Å²) in [6.45, 7) is 2.16. The van der Waals surface area contributed by atoms with E-state index in [1.807, 2.05) is 0 Å². The fourth-order valence-corrected chi connectivity index (χ4v) is 2.67. The van der Waals surface area contributed by atoms with E-state index in [0.717, 1.165) is 0 Å². The highest BCUT2D eigenvalue weighted by molar-refractivity contribution is 6.01. The first-order valence-corrected chi connectivity index (χ1v) is 8.39. The highest BCUT2D eigenvalue weighted by atomic mass is 19.1. The van der Waals surface area contributed by atoms with Gasteiger partial charge in [0.2, 0.25) is 5.91 Å². The van der Waals surface area contributed by atoms with Crippen LogP contribution in [0.25, 0.3) is 0 Å². The van der Waals surface area contributed by atoms with Gasteiger partial charge in [-0.3, -0.25) is 9.59 Å². The van der Waals surface area contributed by atoms with Crippen molar-refractivity contribution >= 4 is 23.2 Å². The average Bonchev–Trinajstić information content (AvgIpc) is 2.68. The number of amides is 2. The molecule has 1 aliphatic rings. The molecule has 2 N–H and O–H groups in total. The molecule has 3 rings (SSSR count). The van der Waals surface area contributed by atoms with E-state index in [2.05, 4.69) is 10.6 Å². The molecule has 1 saturated heterocycles. The normalized spacial score (nSPS) is 14.0. The smallest absolute Gasteiger partial charge is 0.256 e. The van der Waals surface area contributed by atoms with Gasteiger partial charge in [-0.1, -0.05) is 12.1 Å². The van der Waals surface area contributed by atoms with Crippen LogP contribution >= 0.6 is 0 Å². The van der Waals surface area contributed by atoms with Gasteiger partial charge in [0.05, 0.1) is 25.3 Å². The van der Waals surface area contributed by atoms with Crippen molar-refractivity contribution in [2.45, 2.75) is 0 Å².